The van der Waals surface area contributed by atoms with E-state index in [0.717, 1.165) is 0 Å². The van der Waals surface area contributed by atoms with Gasteiger partial charge >= 0.3 is 0 Å². The summed E-state index contributed by atoms with van der Waals surface area (Å²) in [7, 11) is 0. The Morgan fingerprint density at radius 3 is 1.71 bits per heavy atom. The predicted octanol–water partition coefficient (Wildman–Crippen LogP) is 0.388. The first-order chi connectivity index (χ1) is 6.45. The fourth-order valence-corrected chi connectivity index (χ4v) is 1.52. The molecule has 14 heavy (non-hydrogen) atoms. The molecule has 0 rings (SSSR count). The lowest BCUT2D eigenvalue weighted by atomic mass is 9.83. The number of nitrogens with two attached hydrogens (primary N) is 2. The molecule has 0 aromatic carbocycles. The summed E-state index contributed by atoms with van der Waals surface area (Å²) in [6.07, 6.45) is 0. The molecule has 6 N–H and O–H groups in total. The lowest BCUT2D eigenvalue weighted by molar-refractivity contribution is 0.297. The molecule has 0 amide bonds. The van der Waals surface area contributed by atoms with Crippen molar-refractivity contribution in [2.24, 2.45) is 39.5 Å². The Morgan fingerprint density at radius 2 is 1.43 bits per heavy atom. The minimum Gasteiger partial charge on any atom is -0.409 e. The van der Waals surface area contributed by atoms with Crippen LogP contribution in [0, 0.1) is 17.8 Å². The van der Waals surface area contributed by atoms with Gasteiger partial charge in [-0.1, -0.05) is 31.1 Å². The van der Waals surface area contributed by atoms with Crippen LogP contribution in [0.15, 0.2) is 10.3 Å². The van der Waals surface area contributed by atoms with Gasteiger partial charge in [-0.15, -0.1) is 0 Å². The van der Waals surface area contributed by atoms with E-state index in [1.165, 1.54) is 0 Å². The van der Waals surface area contributed by atoms with Crippen molar-refractivity contribution in [2.45, 2.75) is 20.8 Å². The molecule has 0 aliphatic rings. The largest absolute Gasteiger partial charge is 0.409 e. The Bertz CT molecular complexity index is 237. The highest BCUT2D eigenvalue weighted by Gasteiger charge is 2.27. The minimum atomic E-state index is -0.268. The van der Waals surface area contributed by atoms with Gasteiger partial charge < -0.3 is 21.9 Å². The molecule has 0 radical (unpaired) electrons. The van der Waals surface area contributed by atoms with Gasteiger partial charge in [-0.2, -0.15) is 0 Å². The van der Waals surface area contributed by atoms with Gasteiger partial charge in [0.2, 0.25) is 0 Å². The molecule has 0 saturated carbocycles. The van der Waals surface area contributed by atoms with Crippen LogP contribution in [0.2, 0.25) is 0 Å². The van der Waals surface area contributed by atoms with Gasteiger partial charge in [0, 0.05) is 11.8 Å². The first-order valence-corrected chi connectivity index (χ1v) is 4.40. The summed E-state index contributed by atoms with van der Waals surface area (Å²) in [6, 6.07) is 0. The summed E-state index contributed by atoms with van der Waals surface area (Å²) in [5.74, 6) is -0.192. The maximum absolute atomic E-state index is 8.58. The summed E-state index contributed by atoms with van der Waals surface area (Å²) < 4.78 is 0. The number of rotatable bonds is 4. The van der Waals surface area contributed by atoms with E-state index in [9.17, 15) is 0 Å². The molecule has 0 aliphatic heterocycles. The second kappa shape index (κ2) is 5.31. The minimum absolute atomic E-state index is 0.0790. The molecule has 0 heterocycles. The molecule has 0 aromatic heterocycles. The standard InChI is InChI=1S/C8H18N4O2/c1-4(2)6(8(10)12-14)5(3)7(9)11-13/h4-6,13-14H,1-3H3,(H2,9,11)(H2,10,12). The summed E-state index contributed by atoms with van der Waals surface area (Å²) in [4.78, 5) is 0. The van der Waals surface area contributed by atoms with Crippen molar-refractivity contribution in [1.29, 1.82) is 0 Å². The molecule has 0 saturated heterocycles. The predicted molar refractivity (Wildman–Crippen MR) is 54.3 cm³/mol. The number of amidine groups is 2. The van der Waals surface area contributed by atoms with Crippen molar-refractivity contribution < 1.29 is 10.4 Å². The van der Waals surface area contributed by atoms with Gasteiger partial charge in [0.15, 0.2) is 0 Å². The quantitative estimate of drug-likeness (QED) is 0.228. The van der Waals surface area contributed by atoms with Crippen molar-refractivity contribution >= 4 is 11.7 Å². The summed E-state index contributed by atoms with van der Waals surface area (Å²) in [5.41, 5.74) is 11.0. The lowest BCUT2D eigenvalue weighted by Gasteiger charge is -2.24. The van der Waals surface area contributed by atoms with E-state index in [1.54, 1.807) is 6.92 Å². The van der Waals surface area contributed by atoms with Crippen molar-refractivity contribution in [3.05, 3.63) is 0 Å². The monoisotopic (exact) mass is 202 g/mol. The molecule has 0 aliphatic carbocycles. The van der Waals surface area contributed by atoms with Crippen LogP contribution in [0.3, 0.4) is 0 Å². The molecule has 0 bridgehead atoms. The third-order valence-corrected chi connectivity index (χ3v) is 2.30. The number of nitrogens with zero attached hydrogens (tertiary/aromatic N) is 2. The Labute approximate surface area is 83.3 Å². The second-order valence-electron chi connectivity index (χ2n) is 3.61. The fourth-order valence-electron chi connectivity index (χ4n) is 1.52. The molecule has 0 spiro atoms. The summed E-state index contributed by atoms with van der Waals surface area (Å²) in [6.45, 7) is 5.60. The van der Waals surface area contributed by atoms with Crippen LogP contribution in [0.4, 0.5) is 0 Å². The number of hydrogen-bond donors (Lipinski definition) is 4. The molecule has 2 atom stereocenters. The number of hydrogen-bond acceptors (Lipinski definition) is 4. The zero-order chi connectivity index (χ0) is 11.3. The average Bonchev–Trinajstić information content (AvgIpc) is 2.15. The molecule has 0 fully saturated rings. The third kappa shape index (κ3) is 2.79. The third-order valence-electron chi connectivity index (χ3n) is 2.30. The topological polar surface area (TPSA) is 117 Å². The number of oxime groups is 2. The van der Waals surface area contributed by atoms with Gasteiger partial charge in [0.1, 0.15) is 11.7 Å². The van der Waals surface area contributed by atoms with Gasteiger partial charge in [0.25, 0.3) is 0 Å². The highest BCUT2D eigenvalue weighted by atomic mass is 16.4. The van der Waals surface area contributed by atoms with Crippen molar-refractivity contribution in [1.82, 2.24) is 0 Å². The van der Waals surface area contributed by atoms with Crippen molar-refractivity contribution in [3.63, 3.8) is 0 Å². The second-order valence-corrected chi connectivity index (χ2v) is 3.61. The Kier molecular flexibility index (Phi) is 4.76. The van der Waals surface area contributed by atoms with Gasteiger partial charge in [-0.05, 0) is 5.92 Å². The Balaban J connectivity index is 4.84. The van der Waals surface area contributed by atoms with E-state index in [-0.39, 0.29) is 29.4 Å². The van der Waals surface area contributed by atoms with Gasteiger partial charge in [0.05, 0.1) is 0 Å². The lowest BCUT2D eigenvalue weighted by Crippen LogP contribution is -2.39. The molecule has 82 valence electrons. The van der Waals surface area contributed by atoms with Crippen molar-refractivity contribution in [3.8, 4) is 0 Å². The molecule has 6 heteroatoms. The fraction of sp³-hybridized carbons (Fsp3) is 0.750. The van der Waals surface area contributed by atoms with Crippen LogP contribution in [0.5, 0.6) is 0 Å². The Hall–Kier alpha value is -1.46. The zero-order valence-corrected chi connectivity index (χ0v) is 8.68. The van der Waals surface area contributed by atoms with Crippen LogP contribution in [-0.4, -0.2) is 22.1 Å². The Morgan fingerprint density at radius 1 is 1.00 bits per heavy atom. The van der Waals surface area contributed by atoms with E-state index < -0.39 is 0 Å². The van der Waals surface area contributed by atoms with E-state index in [1.807, 2.05) is 13.8 Å². The first-order valence-electron chi connectivity index (χ1n) is 4.40. The van der Waals surface area contributed by atoms with E-state index in [0.29, 0.717) is 0 Å². The summed E-state index contributed by atoms with van der Waals surface area (Å²) in [5, 5.41) is 22.9. The van der Waals surface area contributed by atoms with Crippen LogP contribution >= 0.6 is 0 Å². The van der Waals surface area contributed by atoms with Crippen molar-refractivity contribution in [2.75, 3.05) is 0 Å². The van der Waals surface area contributed by atoms with E-state index in [2.05, 4.69) is 10.3 Å². The average molecular weight is 202 g/mol. The van der Waals surface area contributed by atoms with Crippen LogP contribution in [0.25, 0.3) is 0 Å². The smallest absolute Gasteiger partial charge is 0.143 e. The molecular formula is C8H18N4O2. The molecule has 6 nitrogen and oxygen atoms in total. The van der Waals surface area contributed by atoms with E-state index >= 15 is 0 Å². The SMILES string of the molecule is CC(C)C(/C(N)=N/O)C(C)/C(N)=N/O. The molecule has 0 aromatic rings. The summed E-state index contributed by atoms with van der Waals surface area (Å²) >= 11 is 0. The van der Waals surface area contributed by atoms with E-state index in [4.69, 9.17) is 21.9 Å². The molecule has 2 unspecified atom stereocenters. The zero-order valence-electron chi connectivity index (χ0n) is 8.68. The highest BCUT2D eigenvalue weighted by molar-refractivity contribution is 5.90. The maximum atomic E-state index is 8.58. The van der Waals surface area contributed by atoms with Gasteiger partial charge in [-0.25, -0.2) is 0 Å². The normalized spacial score (nSPS) is 18.3. The highest BCUT2D eigenvalue weighted by Crippen LogP contribution is 2.21. The first kappa shape index (κ1) is 12.5. The molecular weight excluding hydrogens is 184 g/mol. The van der Waals surface area contributed by atoms with Crippen LogP contribution in [0.1, 0.15) is 20.8 Å². The van der Waals surface area contributed by atoms with Crippen LogP contribution in [-0.2, 0) is 0 Å². The van der Waals surface area contributed by atoms with Crippen LogP contribution < -0.4 is 11.5 Å². The maximum Gasteiger partial charge on any atom is 0.143 e. The van der Waals surface area contributed by atoms with Gasteiger partial charge in [-0.3, -0.25) is 0 Å².